The molecule has 0 saturated heterocycles. The van der Waals surface area contributed by atoms with Crippen LogP contribution in [0.15, 0.2) is 36.4 Å². The molecule has 3 rings (SSSR count). The van der Waals surface area contributed by atoms with Crippen molar-refractivity contribution in [2.24, 2.45) is 0 Å². The number of hydrogen-bond donors (Lipinski definition) is 3. The lowest BCUT2D eigenvalue weighted by Crippen LogP contribution is -2.48. The van der Waals surface area contributed by atoms with E-state index < -0.39 is 23.7 Å². The van der Waals surface area contributed by atoms with Gasteiger partial charge in [-0.1, -0.05) is 41.9 Å². The number of fused-ring (bicyclic) bond motifs is 1. The number of benzene rings is 2. The van der Waals surface area contributed by atoms with Gasteiger partial charge in [-0.05, 0) is 31.0 Å². The van der Waals surface area contributed by atoms with Gasteiger partial charge in [0.1, 0.15) is 23.5 Å². The Labute approximate surface area is 179 Å². The van der Waals surface area contributed by atoms with Gasteiger partial charge in [0.25, 0.3) is 5.91 Å². The first-order chi connectivity index (χ1) is 14.3. The van der Waals surface area contributed by atoms with E-state index in [1.54, 1.807) is 13.8 Å². The van der Waals surface area contributed by atoms with Gasteiger partial charge in [0.2, 0.25) is 5.91 Å². The second kappa shape index (κ2) is 9.17. The molecule has 2 atom stereocenters. The number of cyclic esters (lactones) is 1. The molecular weight excluding hydrogens is 408 g/mol. The third kappa shape index (κ3) is 4.57. The number of phenols is 1. The third-order valence-corrected chi connectivity index (χ3v) is 5.19. The van der Waals surface area contributed by atoms with Crippen LogP contribution in [0.2, 0.25) is 5.02 Å². The van der Waals surface area contributed by atoms with E-state index in [2.05, 4.69) is 10.6 Å². The average molecular weight is 431 g/mol. The molecule has 7 nitrogen and oxygen atoms in total. The number of halogens is 1. The normalized spacial score (nSPS) is 16.2. The first kappa shape index (κ1) is 21.6. The summed E-state index contributed by atoms with van der Waals surface area (Å²) in [5.74, 6) is -2.30. The minimum Gasteiger partial charge on any atom is -0.506 e. The molecule has 3 N–H and O–H groups in total. The second-order valence-corrected chi connectivity index (χ2v) is 7.55. The fraction of sp³-hybridized carbons (Fsp3) is 0.318. The monoisotopic (exact) mass is 430 g/mol. The Morgan fingerprint density at radius 3 is 2.67 bits per heavy atom. The molecule has 30 heavy (non-hydrogen) atoms. The van der Waals surface area contributed by atoms with Crippen molar-refractivity contribution in [3.05, 3.63) is 63.7 Å². The molecule has 158 valence electrons. The molecule has 0 spiro atoms. The average Bonchev–Trinajstić information content (AvgIpc) is 2.70. The van der Waals surface area contributed by atoms with E-state index in [0.717, 1.165) is 5.56 Å². The summed E-state index contributed by atoms with van der Waals surface area (Å²) >= 11 is 6.29. The molecule has 0 aromatic heterocycles. The summed E-state index contributed by atoms with van der Waals surface area (Å²) in [6.07, 6.45) is 0.219. The highest BCUT2D eigenvalue weighted by Crippen LogP contribution is 2.36. The van der Waals surface area contributed by atoms with Crippen LogP contribution in [-0.4, -0.2) is 41.6 Å². The molecule has 0 fully saturated rings. The van der Waals surface area contributed by atoms with E-state index in [-0.39, 0.29) is 34.6 Å². The molecule has 2 aromatic rings. The Morgan fingerprint density at radius 1 is 1.30 bits per heavy atom. The molecule has 2 amide bonds. The Morgan fingerprint density at radius 2 is 2.00 bits per heavy atom. The van der Waals surface area contributed by atoms with Crippen molar-refractivity contribution in [3.8, 4) is 5.75 Å². The molecule has 1 aliphatic rings. The van der Waals surface area contributed by atoms with Crippen molar-refractivity contribution >= 4 is 29.4 Å². The van der Waals surface area contributed by atoms with Crippen LogP contribution < -0.4 is 10.6 Å². The molecule has 0 unspecified atom stereocenters. The Kier molecular flexibility index (Phi) is 6.62. The number of ether oxygens (including phenoxy) is 1. The zero-order chi connectivity index (χ0) is 21.8. The number of likely N-dealkylation sites (N-methyl/N-ethyl adjacent to an activating group) is 1. The number of aromatic hydroxyl groups is 1. The highest BCUT2D eigenvalue weighted by Gasteiger charge is 2.33. The van der Waals surface area contributed by atoms with Gasteiger partial charge in [0.15, 0.2) is 0 Å². The number of carbonyl (C=O) groups excluding carboxylic acids is 3. The minimum absolute atomic E-state index is 0.108. The number of amides is 2. The summed E-state index contributed by atoms with van der Waals surface area (Å²) in [6, 6.07) is 9.68. The molecule has 1 aliphatic heterocycles. The summed E-state index contributed by atoms with van der Waals surface area (Å²) in [5.41, 5.74) is 1.01. The summed E-state index contributed by atoms with van der Waals surface area (Å²) in [6.45, 7) is 3.90. The number of esters is 1. The van der Waals surface area contributed by atoms with Crippen molar-refractivity contribution in [1.29, 1.82) is 0 Å². The minimum atomic E-state index is -0.874. The number of nitrogens with one attached hydrogen (secondary N) is 2. The van der Waals surface area contributed by atoms with E-state index in [0.29, 0.717) is 18.5 Å². The van der Waals surface area contributed by atoms with Gasteiger partial charge in [0.05, 0.1) is 5.56 Å². The fourth-order valence-electron chi connectivity index (χ4n) is 3.44. The molecule has 0 radical (unpaired) electrons. The highest BCUT2D eigenvalue weighted by atomic mass is 35.5. The van der Waals surface area contributed by atoms with Crippen LogP contribution in [0, 0.1) is 0 Å². The predicted octanol–water partition coefficient (Wildman–Crippen LogP) is 2.62. The Hall–Kier alpha value is -3.06. The fourth-order valence-corrected chi connectivity index (χ4v) is 3.72. The zero-order valence-electron chi connectivity index (χ0n) is 16.7. The molecule has 2 aromatic carbocycles. The van der Waals surface area contributed by atoms with Crippen molar-refractivity contribution < 1.29 is 24.2 Å². The van der Waals surface area contributed by atoms with Crippen LogP contribution in [0.1, 0.15) is 45.7 Å². The van der Waals surface area contributed by atoms with E-state index >= 15 is 0 Å². The van der Waals surface area contributed by atoms with Crippen molar-refractivity contribution in [2.75, 3.05) is 6.54 Å². The third-order valence-electron chi connectivity index (χ3n) is 4.86. The largest absolute Gasteiger partial charge is 0.506 e. The first-order valence-corrected chi connectivity index (χ1v) is 10.1. The van der Waals surface area contributed by atoms with Gasteiger partial charge in [0, 0.05) is 24.4 Å². The standard InChI is InChI=1S/C22H23ClN2O5/c1-3-24-21(28)17(10-13-7-5-4-6-8-13)25-20(27)15-11-16(23)14-9-12(2)30-22(29)18(14)19(15)26/h4-8,11-12,17,26H,3,9-10H2,1-2H3,(H,24,28)(H,25,27)/t12-,17+/m1/s1. The molecule has 0 saturated carbocycles. The quantitative estimate of drug-likeness (QED) is 0.611. The molecule has 0 aliphatic carbocycles. The molecule has 1 heterocycles. The van der Waals surface area contributed by atoms with Gasteiger partial charge in [-0.2, -0.15) is 0 Å². The maximum atomic E-state index is 12.9. The lowest BCUT2D eigenvalue weighted by molar-refractivity contribution is -0.122. The van der Waals surface area contributed by atoms with Crippen LogP contribution in [-0.2, 0) is 22.4 Å². The van der Waals surface area contributed by atoms with Gasteiger partial charge < -0.3 is 20.5 Å². The molecule has 8 heteroatoms. The van der Waals surface area contributed by atoms with E-state index in [1.807, 2.05) is 30.3 Å². The maximum Gasteiger partial charge on any atom is 0.342 e. The Bertz CT molecular complexity index is 977. The lowest BCUT2D eigenvalue weighted by atomic mass is 9.95. The maximum absolute atomic E-state index is 12.9. The highest BCUT2D eigenvalue weighted by molar-refractivity contribution is 6.32. The van der Waals surface area contributed by atoms with Crippen LogP contribution >= 0.6 is 11.6 Å². The number of phenolic OH excluding ortho intramolecular Hbond substituents is 1. The van der Waals surface area contributed by atoms with Gasteiger partial charge >= 0.3 is 5.97 Å². The second-order valence-electron chi connectivity index (χ2n) is 7.14. The van der Waals surface area contributed by atoms with Crippen molar-refractivity contribution in [2.45, 2.75) is 38.8 Å². The number of rotatable bonds is 6. The first-order valence-electron chi connectivity index (χ1n) is 9.69. The summed E-state index contributed by atoms with van der Waals surface area (Å²) in [4.78, 5) is 37.7. The predicted molar refractivity (Wildman–Crippen MR) is 112 cm³/mol. The number of hydrogen-bond acceptors (Lipinski definition) is 5. The van der Waals surface area contributed by atoms with Crippen LogP contribution in [0.3, 0.4) is 0 Å². The lowest BCUT2D eigenvalue weighted by Gasteiger charge is -2.25. The smallest absolute Gasteiger partial charge is 0.342 e. The summed E-state index contributed by atoms with van der Waals surface area (Å²) in [7, 11) is 0. The number of carbonyl (C=O) groups is 3. The van der Waals surface area contributed by atoms with Crippen LogP contribution in [0.5, 0.6) is 5.75 Å². The van der Waals surface area contributed by atoms with Gasteiger partial charge in [-0.25, -0.2) is 4.79 Å². The van der Waals surface area contributed by atoms with E-state index in [9.17, 15) is 19.5 Å². The van der Waals surface area contributed by atoms with E-state index in [1.165, 1.54) is 6.07 Å². The van der Waals surface area contributed by atoms with Crippen molar-refractivity contribution in [3.63, 3.8) is 0 Å². The van der Waals surface area contributed by atoms with Gasteiger partial charge in [-0.15, -0.1) is 0 Å². The van der Waals surface area contributed by atoms with Crippen LogP contribution in [0.25, 0.3) is 0 Å². The van der Waals surface area contributed by atoms with E-state index in [4.69, 9.17) is 16.3 Å². The zero-order valence-corrected chi connectivity index (χ0v) is 17.5. The summed E-state index contributed by atoms with van der Waals surface area (Å²) < 4.78 is 5.16. The SMILES string of the molecule is CCNC(=O)[C@H](Cc1ccccc1)NC(=O)c1cc(Cl)c2c(c1O)C(=O)O[C@H](C)C2. The molecular formula is C22H23ClN2O5. The van der Waals surface area contributed by atoms with Crippen molar-refractivity contribution in [1.82, 2.24) is 10.6 Å². The van der Waals surface area contributed by atoms with Crippen LogP contribution in [0.4, 0.5) is 0 Å². The molecule has 0 bridgehead atoms. The summed E-state index contributed by atoms with van der Waals surface area (Å²) in [5, 5.41) is 16.1. The van der Waals surface area contributed by atoms with Gasteiger partial charge in [-0.3, -0.25) is 9.59 Å². The Balaban J connectivity index is 1.90. The topological polar surface area (TPSA) is 105 Å².